The molecule has 2 rings (SSSR count). The van der Waals surface area contributed by atoms with Crippen LogP contribution in [0.3, 0.4) is 0 Å². The first kappa shape index (κ1) is 30.1. The third-order valence-electron chi connectivity index (χ3n) is 6.66. The highest BCUT2D eigenvalue weighted by Crippen LogP contribution is 2.25. The summed E-state index contributed by atoms with van der Waals surface area (Å²) in [5, 5.41) is 15.5. The highest BCUT2D eigenvalue weighted by Gasteiger charge is 2.29. The van der Waals surface area contributed by atoms with E-state index >= 15 is 0 Å². The van der Waals surface area contributed by atoms with Crippen LogP contribution in [0.5, 0.6) is 0 Å². The van der Waals surface area contributed by atoms with E-state index in [9.17, 15) is 19.5 Å². The van der Waals surface area contributed by atoms with Crippen LogP contribution in [-0.4, -0.2) is 29.4 Å². The summed E-state index contributed by atoms with van der Waals surface area (Å²) in [7, 11) is 0. The van der Waals surface area contributed by atoms with E-state index in [0.717, 1.165) is 36.8 Å². The smallest absolute Gasteiger partial charge is 0.316 e. The van der Waals surface area contributed by atoms with Crippen LogP contribution in [0.1, 0.15) is 95.7 Å². The maximum absolute atomic E-state index is 13.1. The van der Waals surface area contributed by atoms with E-state index in [1.165, 1.54) is 19.3 Å². The number of hydrogen-bond acceptors (Lipinski definition) is 3. The molecule has 0 aliphatic heterocycles. The fourth-order valence-corrected chi connectivity index (χ4v) is 4.48. The van der Waals surface area contributed by atoms with Gasteiger partial charge < -0.3 is 15.7 Å². The molecule has 0 heterocycles. The summed E-state index contributed by atoms with van der Waals surface area (Å²) < 4.78 is 0. The van der Waals surface area contributed by atoms with Crippen LogP contribution in [0.25, 0.3) is 0 Å². The third-order valence-corrected chi connectivity index (χ3v) is 6.66. The van der Waals surface area contributed by atoms with E-state index in [1.807, 2.05) is 74.5 Å². The second-order valence-corrected chi connectivity index (χ2v) is 10.7. The largest absolute Gasteiger partial charge is 0.481 e. The van der Waals surface area contributed by atoms with Gasteiger partial charge in [-0.3, -0.25) is 14.4 Å². The molecule has 0 saturated carbocycles. The minimum Gasteiger partial charge on any atom is -0.481 e. The molecule has 2 aromatic carbocycles. The van der Waals surface area contributed by atoms with Crippen LogP contribution in [0.2, 0.25) is 0 Å². The van der Waals surface area contributed by atoms with Gasteiger partial charge in [-0.05, 0) is 23.0 Å². The van der Waals surface area contributed by atoms with Crippen molar-refractivity contribution < 1.29 is 19.5 Å². The van der Waals surface area contributed by atoms with Crippen LogP contribution in [0.15, 0.2) is 60.7 Å². The van der Waals surface area contributed by atoms with Gasteiger partial charge in [-0.25, -0.2) is 0 Å². The Morgan fingerprint density at radius 1 is 0.811 bits per heavy atom. The molecule has 0 bridgehead atoms. The molecule has 6 heteroatoms. The number of aliphatic carboxylic acids is 1. The van der Waals surface area contributed by atoms with Crippen LogP contribution in [-0.2, 0) is 14.4 Å². The SMILES string of the molecule is CCCCCCCCCC(C(=O)O)C(=O)NCC(C)(C)CC(=O)NC(c1ccccc1)c1ccccc1. The Morgan fingerprint density at radius 2 is 1.32 bits per heavy atom. The quantitative estimate of drug-likeness (QED) is 0.173. The van der Waals surface area contributed by atoms with Gasteiger partial charge in [0, 0.05) is 13.0 Å². The van der Waals surface area contributed by atoms with Crippen LogP contribution in [0.4, 0.5) is 0 Å². The topological polar surface area (TPSA) is 95.5 Å². The summed E-state index contributed by atoms with van der Waals surface area (Å²) >= 11 is 0. The molecule has 0 fully saturated rings. The second kappa shape index (κ2) is 15.9. The van der Waals surface area contributed by atoms with Gasteiger partial charge in [-0.15, -0.1) is 0 Å². The molecular weight excluding hydrogens is 464 g/mol. The molecule has 0 aliphatic rings. The minimum absolute atomic E-state index is 0.130. The van der Waals surface area contributed by atoms with Crippen LogP contribution >= 0.6 is 0 Å². The fraction of sp³-hybridized carbons (Fsp3) is 0.516. The Hall–Kier alpha value is -3.15. The van der Waals surface area contributed by atoms with Gasteiger partial charge in [0.2, 0.25) is 11.8 Å². The van der Waals surface area contributed by atoms with Crippen LogP contribution in [0, 0.1) is 11.3 Å². The number of unbranched alkanes of at least 4 members (excludes halogenated alkanes) is 6. The Balaban J connectivity index is 1.88. The van der Waals surface area contributed by atoms with E-state index < -0.39 is 23.2 Å². The van der Waals surface area contributed by atoms with Crippen molar-refractivity contribution in [2.45, 2.75) is 84.6 Å². The summed E-state index contributed by atoms with van der Waals surface area (Å²) in [6.07, 6.45) is 8.06. The Labute approximate surface area is 222 Å². The summed E-state index contributed by atoms with van der Waals surface area (Å²) in [4.78, 5) is 37.4. The van der Waals surface area contributed by atoms with Gasteiger partial charge in [0.25, 0.3) is 0 Å². The lowest BCUT2D eigenvalue weighted by atomic mass is 9.88. The van der Waals surface area contributed by atoms with Crippen molar-refractivity contribution in [2.75, 3.05) is 6.54 Å². The highest BCUT2D eigenvalue weighted by atomic mass is 16.4. The van der Waals surface area contributed by atoms with Gasteiger partial charge >= 0.3 is 5.97 Å². The van der Waals surface area contributed by atoms with E-state index in [2.05, 4.69) is 17.6 Å². The lowest BCUT2D eigenvalue weighted by molar-refractivity contribution is -0.147. The molecule has 6 nitrogen and oxygen atoms in total. The van der Waals surface area contributed by atoms with Gasteiger partial charge in [-0.2, -0.15) is 0 Å². The lowest BCUT2D eigenvalue weighted by Crippen LogP contribution is -2.42. The Bertz CT molecular complexity index is 920. The maximum atomic E-state index is 13.1. The average molecular weight is 509 g/mol. The number of hydrogen-bond donors (Lipinski definition) is 3. The summed E-state index contributed by atoms with van der Waals surface area (Å²) in [6, 6.07) is 19.3. The molecule has 202 valence electrons. The van der Waals surface area contributed by atoms with Crippen molar-refractivity contribution in [3.05, 3.63) is 71.8 Å². The standard InChI is InChI=1S/C31H44N2O4/c1-4-5-6-7-8-9-16-21-26(30(36)37)29(35)32-23-31(2,3)22-27(34)33-28(24-17-12-10-13-18-24)25-19-14-11-15-20-25/h10-15,17-20,26,28H,4-9,16,21-23H2,1-3H3,(H,32,35)(H,33,34)(H,36,37). The van der Waals surface area contributed by atoms with E-state index in [-0.39, 0.29) is 24.9 Å². The monoisotopic (exact) mass is 508 g/mol. The predicted molar refractivity (Wildman–Crippen MR) is 148 cm³/mol. The Morgan fingerprint density at radius 3 is 1.84 bits per heavy atom. The summed E-state index contributed by atoms with van der Waals surface area (Å²) in [5.41, 5.74) is 1.44. The first-order valence-electron chi connectivity index (χ1n) is 13.6. The van der Waals surface area contributed by atoms with Gasteiger partial charge in [0.1, 0.15) is 5.92 Å². The molecule has 0 saturated heterocycles. The molecule has 0 aliphatic carbocycles. The molecule has 0 aromatic heterocycles. The number of nitrogens with one attached hydrogen (secondary N) is 2. The van der Waals surface area contributed by atoms with Gasteiger partial charge in [0.05, 0.1) is 6.04 Å². The molecular formula is C31H44N2O4. The predicted octanol–water partition coefficient (Wildman–Crippen LogP) is 6.27. The number of benzene rings is 2. The molecule has 1 atom stereocenters. The number of rotatable bonds is 17. The minimum atomic E-state index is -1.09. The van der Waals surface area contributed by atoms with Crippen molar-refractivity contribution in [1.29, 1.82) is 0 Å². The zero-order valence-corrected chi connectivity index (χ0v) is 22.7. The highest BCUT2D eigenvalue weighted by molar-refractivity contribution is 5.96. The molecule has 2 amide bonds. The fourth-order valence-electron chi connectivity index (χ4n) is 4.48. The average Bonchev–Trinajstić information content (AvgIpc) is 2.88. The van der Waals surface area contributed by atoms with Crippen molar-refractivity contribution >= 4 is 17.8 Å². The number of carbonyl (C=O) groups is 3. The van der Waals surface area contributed by atoms with Crippen molar-refractivity contribution in [3.63, 3.8) is 0 Å². The first-order valence-corrected chi connectivity index (χ1v) is 13.6. The molecule has 3 N–H and O–H groups in total. The molecule has 0 spiro atoms. The van der Waals surface area contributed by atoms with Crippen LogP contribution < -0.4 is 10.6 Å². The molecule has 0 radical (unpaired) electrons. The molecule has 1 unspecified atom stereocenters. The Kier molecular flexibility index (Phi) is 12.9. The molecule has 2 aromatic rings. The molecule has 37 heavy (non-hydrogen) atoms. The van der Waals surface area contributed by atoms with Crippen molar-refractivity contribution in [2.24, 2.45) is 11.3 Å². The third kappa shape index (κ3) is 11.2. The van der Waals surface area contributed by atoms with Crippen molar-refractivity contribution in [3.8, 4) is 0 Å². The maximum Gasteiger partial charge on any atom is 0.316 e. The lowest BCUT2D eigenvalue weighted by Gasteiger charge is -2.27. The summed E-state index contributed by atoms with van der Waals surface area (Å²) in [6.45, 7) is 6.20. The zero-order chi connectivity index (χ0) is 27.1. The number of carbonyl (C=O) groups excluding carboxylic acids is 2. The van der Waals surface area contributed by atoms with E-state index in [4.69, 9.17) is 0 Å². The summed E-state index contributed by atoms with van der Waals surface area (Å²) in [5.74, 6) is -2.75. The normalized spacial score (nSPS) is 12.2. The number of carboxylic acids is 1. The van der Waals surface area contributed by atoms with E-state index in [1.54, 1.807) is 0 Å². The van der Waals surface area contributed by atoms with Gasteiger partial charge in [-0.1, -0.05) is 126 Å². The number of carboxylic acid groups (broad SMARTS) is 1. The first-order chi connectivity index (χ1) is 17.7. The van der Waals surface area contributed by atoms with Crippen molar-refractivity contribution in [1.82, 2.24) is 10.6 Å². The van der Waals surface area contributed by atoms with E-state index in [0.29, 0.717) is 6.42 Å². The van der Waals surface area contributed by atoms with Gasteiger partial charge in [0.15, 0.2) is 0 Å². The number of amides is 2. The second-order valence-electron chi connectivity index (χ2n) is 10.7. The zero-order valence-electron chi connectivity index (χ0n) is 22.7.